The van der Waals surface area contributed by atoms with Gasteiger partial charge in [0.15, 0.2) is 8.32 Å². The van der Waals surface area contributed by atoms with E-state index in [-0.39, 0.29) is 29.1 Å². The van der Waals surface area contributed by atoms with Crippen molar-refractivity contribution in [2.24, 2.45) is 0 Å². The fourth-order valence-electron chi connectivity index (χ4n) is 1.78. The summed E-state index contributed by atoms with van der Waals surface area (Å²) in [5.74, 6) is -0.284. The summed E-state index contributed by atoms with van der Waals surface area (Å²) >= 11 is 1.60. The van der Waals surface area contributed by atoms with Gasteiger partial charge in [0, 0.05) is 17.7 Å². The van der Waals surface area contributed by atoms with Crippen molar-refractivity contribution < 1.29 is 14.0 Å². The molecule has 1 unspecified atom stereocenters. The Morgan fingerprint density at radius 1 is 1.30 bits per heavy atom. The number of rotatable bonds is 6. The molecular weight excluding hydrogens is 326 g/mol. The predicted molar refractivity (Wildman–Crippen MR) is 98.4 cm³/mol. The normalized spacial score (nSPS) is 14.7. The molecule has 0 saturated carbocycles. The zero-order valence-electron chi connectivity index (χ0n) is 15.9. The highest BCUT2D eigenvalue weighted by Gasteiger charge is 2.42. The van der Waals surface area contributed by atoms with Crippen molar-refractivity contribution in [1.29, 1.82) is 0 Å². The van der Waals surface area contributed by atoms with E-state index in [0.717, 1.165) is 10.7 Å². The Labute approximate surface area is 145 Å². The van der Waals surface area contributed by atoms with Crippen molar-refractivity contribution in [1.82, 2.24) is 4.98 Å². The third-order valence-electron chi connectivity index (χ3n) is 4.82. The molecule has 1 aromatic rings. The van der Waals surface area contributed by atoms with Crippen LogP contribution in [-0.4, -0.2) is 25.4 Å². The summed E-state index contributed by atoms with van der Waals surface area (Å²) in [6.07, 6.45) is 0.0658. The maximum atomic E-state index is 10.9. The molecule has 0 aromatic carbocycles. The smallest absolute Gasteiger partial charge is 0.303 e. The van der Waals surface area contributed by atoms with Crippen molar-refractivity contribution in [3.63, 3.8) is 0 Å². The summed E-state index contributed by atoms with van der Waals surface area (Å²) < 4.78 is 11.6. The average Bonchev–Trinajstić information content (AvgIpc) is 2.83. The first kappa shape index (κ1) is 20.3. The van der Waals surface area contributed by atoms with Crippen molar-refractivity contribution in [3.05, 3.63) is 16.1 Å². The quantitative estimate of drug-likeness (QED) is 0.537. The van der Waals surface area contributed by atoms with Gasteiger partial charge < -0.3 is 9.16 Å². The maximum Gasteiger partial charge on any atom is 0.303 e. The molecule has 0 spiro atoms. The fraction of sp³-hybridized carbons (Fsp3) is 0.765. The van der Waals surface area contributed by atoms with Crippen LogP contribution in [0.1, 0.15) is 59.2 Å². The van der Waals surface area contributed by atoms with Crippen LogP contribution in [0, 0.1) is 0 Å². The van der Waals surface area contributed by atoms with E-state index >= 15 is 0 Å². The van der Waals surface area contributed by atoms with Gasteiger partial charge in [-0.1, -0.05) is 34.6 Å². The molecule has 0 aliphatic rings. The molecule has 0 N–H and O–H groups in total. The monoisotopic (exact) mass is 357 g/mol. The third kappa shape index (κ3) is 5.13. The molecule has 1 aromatic heterocycles. The molecule has 0 fully saturated rings. The molecule has 1 atom stereocenters. The highest BCUT2D eigenvalue weighted by Crippen LogP contribution is 2.40. The van der Waals surface area contributed by atoms with Crippen molar-refractivity contribution in [2.75, 3.05) is 0 Å². The van der Waals surface area contributed by atoms with E-state index in [0.29, 0.717) is 0 Å². The van der Waals surface area contributed by atoms with Crippen LogP contribution < -0.4 is 0 Å². The SMILES string of the molecule is CC(=O)OCc1csc(C(C)(C)C(C)O[Si](C)(C)C(C)(C)C)n1. The van der Waals surface area contributed by atoms with Gasteiger partial charge in [-0.15, -0.1) is 11.3 Å². The molecular formula is C17H31NO3SSi. The Hall–Kier alpha value is -0.723. The van der Waals surface area contributed by atoms with E-state index in [1.807, 2.05) is 5.38 Å². The lowest BCUT2D eigenvalue weighted by Gasteiger charge is -2.42. The van der Waals surface area contributed by atoms with Gasteiger partial charge in [-0.25, -0.2) is 4.98 Å². The van der Waals surface area contributed by atoms with Gasteiger partial charge >= 0.3 is 5.97 Å². The van der Waals surface area contributed by atoms with Crippen LogP contribution in [0.2, 0.25) is 18.1 Å². The minimum absolute atomic E-state index is 0.0658. The van der Waals surface area contributed by atoms with E-state index in [9.17, 15) is 4.79 Å². The van der Waals surface area contributed by atoms with Gasteiger partial charge in [0.05, 0.1) is 11.8 Å². The summed E-state index contributed by atoms with van der Waals surface area (Å²) in [4.78, 5) is 15.6. The van der Waals surface area contributed by atoms with Gasteiger partial charge in [-0.05, 0) is 25.1 Å². The van der Waals surface area contributed by atoms with Crippen LogP contribution >= 0.6 is 11.3 Å². The summed E-state index contributed by atoms with van der Waals surface area (Å²) in [6.45, 7) is 19.4. The fourth-order valence-corrected chi connectivity index (χ4v) is 4.32. The molecule has 0 bridgehead atoms. The number of carbonyl (C=O) groups is 1. The van der Waals surface area contributed by atoms with E-state index in [2.05, 4.69) is 59.6 Å². The Morgan fingerprint density at radius 2 is 1.87 bits per heavy atom. The second-order valence-electron chi connectivity index (χ2n) is 8.17. The molecule has 1 rings (SSSR count). The first-order valence-corrected chi connectivity index (χ1v) is 11.8. The summed E-state index contributed by atoms with van der Waals surface area (Å²) in [5, 5.41) is 3.16. The number of hydrogen-bond acceptors (Lipinski definition) is 5. The molecule has 0 aliphatic carbocycles. The number of thiazole rings is 1. The predicted octanol–water partition coefficient (Wildman–Crippen LogP) is 4.89. The molecule has 0 aliphatic heterocycles. The number of ether oxygens (including phenoxy) is 1. The lowest BCUT2D eigenvalue weighted by atomic mass is 9.88. The van der Waals surface area contributed by atoms with E-state index in [4.69, 9.17) is 9.16 Å². The largest absolute Gasteiger partial charge is 0.459 e. The first-order chi connectivity index (χ1) is 10.3. The number of aromatic nitrogens is 1. The van der Waals surface area contributed by atoms with Crippen LogP contribution in [0.5, 0.6) is 0 Å². The Kier molecular flexibility index (Phi) is 6.21. The second-order valence-corrected chi connectivity index (χ2v) is 13.8. The molecule has 0 amide bonds. The first-order valence-electron chi connectivity index (χ1n) is 8.03. The number of nitrogens with zero attached hydrogens (tertiary/aromatic N) is 1. The lowest BCUT2D eigenvalue weighted by Crippen LogP contribution is -2.48. The van der Waals surface area contributed by atoms with Gasteiger partial charge in [-0.3, -0.25) is 4.79 Å². The third-order valence-corrected chi connectivity index (χ3v) is 10.6. The van der Waals surface area contributed by atoms with Crippen LogP contribution in [-0.2, 0) is 26.0 Å². The van der Waals surface area contributed by atoms with Crippen molar-refractivity contribution in [3.8, 4) is 0 Å². The molecule has 0 radical (unpaired) electrons. The molecule has 1 heterocycles. The highest BCUT2D eigenvalue weighted by molar-refractivity contribution is 7.09. The van der Waals surface area contributed by atoms with E-state index in [1.165, 1.54) is 6.92 Å². The average molecular weight is 358 g/mol. The minimum atomic E-state index is -1.83. The lowest BCUT2D eigenvalue weighted by molar-refractivity contribution is -0.142. The summed E-state index contributed by atoms with van der Waals surface area (Å²) in [6, 6.07) is 0. The number of hydrogen-bond donors (Lipinski definition) is 0. The zero-order valence-corrected chi connectivity index (χ0v) is 17.8. The second kappa shape index (κ2) is 7.03. The Balaban J connectivity index is 2.87. The van der Waals surface area contributed by atoms with Crippen molar-refractivity contribution in [2.45, 2.75) is 84.7 Å². The van der Waals surface area contributed by atoms with E-state index in [1.54, 1.807) is 11.3 Å². The topological polar surface area (TPSA) is 48.4 Å². The molecule has 132 valence electrons. The summed E-state index contributed by atoms with van der Waals surface area (Å²) in [7, 11) is -1.83. The van der Waals surface area contributed by atoms with Crippen LogP contribution in [0.3, 0.4) is 0 Å². The van der Waals surface area contributed by atoms with Gasteiger partial charge in [0.25, 0.3) is 0 Å². The summed E-state index contributed by atoms with van der Waals surface area (Å²) in [5.41, 5.74) is 0.613. The van der Waals surface area contributed by atoms with Crippen molar-refractivity contribution >= 4 is 25.6 Å². The highest BCUT2D eigenvalue weighted by atomic mass is 32.1. The molecule has 23 heavy (non-hydrogen) atoms. The van der Waals surface area contributed by atoms with Gasteiger partial charge in [0.1, 0.15) is 11.6 Å². The van der Waals surface area contributed by atoms with Crippen LogP contribution in [0.4, 0.5) is 0 Å². The molecule has 0 saturated heterocycles. The number of carbonyl (C=O) groups excluding carboxylic acids is 1. The molecule has 4 nitrogen and oxygen atoms in total. The Morgan fingerprint density at radius 3 is 2.35 bits per heavy atom. The maximum absolute atomic E-state index is 10.9. The van der Waals surface area contributed by atoms with Crippen LogP contribution in [0.15, 0.2) is 5.38 Å². The van der Waals surface area contributed by atoms with Gasteiger partial charge in [0.2, 0.25) is 0 Å². The zero-order chi connectivity index (χ0) is 18.1. The van der Waals surface area contributed by atoms with E-state index < -0.39 is 8.32 Å². The number of esters is 1. The Bertz CT molecular complexity index is 546. The van der Waals surface area contributed by atoms with Crippen LogP contribution in [0.25, 0.3) is 0 Å². The van der Waals surface area contributed by atoms with Gasteiger partial charge in [-0.2, -0.15) is 0 Å². The standard InChI is InChI=1S/C17H31NO3SSi/c1-12(21-23(8,9)16(3,4)5)17(6,7)15-18-14(11-22-15)10-20-13(2)19/h11-12H,10H2,1-9H3. The molecule has 6 heteroatoms. The minimum Gasteiger partial charge on any atom is -0.459 e.